The molecule has 18 heavy (non-hydrogen) atoms. The van der Waals surface area contributed by atoms with Crippen LogP contribution in [0.15, 0.2) is 48.7 Å². The lowest BCUT2D eigenvalue weighted by Crippen LogP contribution is -2.15. The second kappa shape index (κ2) is 5.09. The lowest BCUT2D eigenvalue weighted by molar-refractivity contribution is 0.1000. The summed E-state index contributed by atoms with van der Waals surface area (Å²) in [6.07, 6.45) is 1.58. The van der Waals surface area contributed by atoms with Crippen LogP contribution in [0.1, 0.15) is 20.7 Å². The van der Waals surface area contributed by atoms with E-state index in [1.54, 1.807) is 42.6 Å². The maximum Gasteiger partial charge on any atom is 0.256 e. The van der Waals surface area contributed by atoms with E-state index in [0.717, 1.165) is 0 Å². The Morgan fingerprint density at radius 1 is 1.06 bits per heavy atom. The van der Waals surface area contributed by atoms with E-state index >= 15 is 0 Å². The van der Waals surface area contributed by atoms with Crippen molar-refractivity contribution >= 4 is 17.6 Å². The number of primary amides is 1. The van der Waals surface area contributed by atoms with Crippen LogP contribution < -0.4 is 11.1 Å². The molecule has 0 aliphatic carbocycles. The second-order valence-electron chi connectivity index (χ2n) is 3.61. The maximum atomic E-state index is 11.9. The largest absolute Gasteiger partial charge is 0.366 e. The fourth-order valence-electron chi connectivity index (χ4n) is 1.44. The molecule has 1 heterocycles. The third kappa shape index (κ3) is 2.70. The summed E-state index contributed by atoms with van der Waals surface area (Å²) in [7, 11) is 0. The molecule has 0 aliphatic heterocycles. The fraction of sp³-hybridized carbons (Fsp3) is 0. The minimum Gasteiger partial charge on any atom is -0.366 e. The molecule has 0 unspecified atom stereocenters. The van der Waals surface area contributed by atoms with Crippen LogP contribution in [-0.2, 0) is 0 Å². The van der Waals surface area contributed by atoms with Gasteiger partial charge in [0.05, 0.1) is 0 Å². The SMILES string of the molecule is NC(=O)c1cccc(C(=O)Nc2ccccn2)c1. The van der Waals surface area contributed by atoms with Gasteiger partial charge in [-0.2, -0.15) is 0 Å². The first-order valence-electron chi connectivity index (χ1n) is 5.29. The number of benzene rings is 1. The van der Waals surface area contributed by atoms with Gasteiger partial charge in [-0.15, -0.1) is 0 Å². The summed E-state index contributed by atoms with van der Waals surface area (Å²) in [4.78, 5) is 26.9. The normalized spacial score (nSPS) is 9.78. The smallest absolute Gasteiger partial charge is 0.256 e. The van der Waals surface area contributed by atoms with Crippen LogP contribution in [0.25, 0.3) is 0 Å². The lowest BCUT2D eigenvalue weighted by atomic mass is 10.1. The molecular weight excluding hydrogens is 230 g/mol. The van der Waals surface area contributed by atoms with Gasteiger partial charge in [0.1, 0.15) is 5.82 Å². The zero-order valence-corrected chi connectivity index (χ0v) is 9.46. The van der Waals surface area contributed by atoms with E-state index in [4.69, 9.17) is 5.73 Å². The number of nitrogens with zero attached hydrogens (tertiary/aromatic N) is 1. The van der Waals surface area contributed by atoms with Crippen molar-refractivity contribution in [2.75, 3.05) is 5.32 Å². The minimum absolute atomic E-state index is 0.295. The Hall–Kier alpha value is -2.69. The predicted octanol–water partition coefficient (Wildman–Crippen LogP) is 1.43. The van der Waals surface area contributed by atoms with Crippen LogP contribution in [0.4, 0.5) is 5.82 Å². The number of amides is 2. The van der Waals surface area contributed by atoms with Crippen LogP contribution in [-0.4, -0.2) is 16.8 Å². The van der Waals surface area contributed by atoms with Gasteiger partial charge in [-0.05, 0) is 30.3 Å². The summed E-state index contributed by atoms with van der Waals surface area (Å²) >= 11 is 0. The monoisotopic (exact) mass is 241 g/mol. The van der Waals surface area contributed by atoms with Crippen LogP contribution >= 0.6 is 0 Å². The van der Waals surface area contributed by atoms with Gasteiger partial charge in [-0.25, -0.2) is 4.98 Å². The highest BCUT2D eigenvalue weighted by Crippen LogP contribution is 2.08. The molecule has 0 bridgehead atoms. The van der Waals surface area contributed by atoms with Crippen molar-refractivity contribution < 1.29 is 9.59 Å². The number of nitrogens with two attached hydrogens (primary N) is 1. The second-order valence-corrected chi connectivity index (χ2v) is 3.61. The summed E-state index contributed by atoms with van der Waals surface area (Å²) in [6, 6.07) is 11.4. The molecule has 0 spiro atoms. The Balaban J connectivity index is 2.19. The lowest BCUT2D eigenvalue weighted by Gasteiger charge is -2.04. The standard InChI is InChI=1S/C13H11N3O2/c14-12(17)9-4-3-5-10(8-9)13(18)16-11-6-1-2-7-15-11/h1-8H,(H2,14,17)(H,15,16,18). The third-order valence-electron chi connectivity index (χ3n) is 2.32. The van der Waals surface area contributed by atoms with Gasteiger partial charge >= 0.3 is 0 Å². The number of hydrogen-bond acceptors (Lipinski definition) is 3. The first kappa shape index (κ1) is 11.8. The van der Waals surface area contributed by atoms with Crippen molar-refractivity contribution in [3.8, 4) is 0 Å². The van der Waals surface area contributed by atoms with Gasteiger partial charge in [-0.1, -0.05) is 12.1 Å². The number of rotatable bonds is 3. The number of carbonyl (C=O) groups is 2. The Kier molecular flexibility index (Phi) is 3.33. The molecule has 0 fully saturated rings. The van der Waals surface area contributed by atoms with Crippen molar-refractivity contribution in [1.82, 2.24) is 4.98 Å². The van der Waals surface area contributed by atoms with Crippen molar-refractivity contribution in [3.05, 3.63) is 59.8 Å². The summed E-state index contributed by atoms with van der Waals surface area (Å²) in [5.41, 5.74) is 5.81. The van der Waals surface area contributed by atoms with Gasteiger partial charge in [0.25, 0.3) is 5.91 Å². The number of carbonyl (C=O) groups excluding carboxylic acids is 2. The predicted molar refractivity (Wildman–Crippen MR) is 67.2 cm³/mol. The maximum absolute atomic E-state index is 11.9. The average Bonchev–Trinajstić information content (AvgIpc) is 2.40. The van der Waals surface area contributed by atoms with Crippen LogP contribution in [0.2, 0.25) is 0 Å². The molecule has 1 aromatic heterocycles. The zero-order valence-electron chi connectivity index (χ0n) is 9.46. The number of nitrogens with one attached hydrogen (secondary N) is 1. The summed E-state index contributed by atoms with van der Waals surface area (Å²) in [5, 5.41) is 2.62. The Labute approximate surface area is 104 Å². The average molecular weight is 241 g/mol. The molecule has 0 radical (unpaired) electrons. The van der Waals surface area contributed by atoms with Gasteiger partial charge < -0.3 is 11.1 Å². The minimum atomic E-state index is -0.567. The number of anilines is 1. The van der Waals surface area contributed by atoms with Crippen molar-refractivity contribution in [2.24, 2.45) is 5.73 Å². The molecule has 0 saturated heterocycles. The number of aromatic nitrogens is 1. The van der Waals surface area contributed by atoms with Gasteiger partial charge in [-0.3, -0.25) is 9.59 Å². The quantitative estimate of drug-likeness (QED) is 0.852. The van der Waals surface area contributed by atoms with E-state index in [1.807, 2.05) is 0 Å². The van der Waals surface area contributed by atoms with E-state index in [-0.39, 0.29) is 5.91 Å². The molecule has 2 aromatic rings. The van der Waals surface area contributed by atoms with E-state index in [0.29, 0.717) is 16.9 Å². The zero-order chi connectivity index (χ0) is 13.0. The highest BCUT2D eigenvalue weighted by atomic mass is 16.2. The third-order valence-corrected chi connectivity index (χ3v) is 2.32. The van der Waals surface area contributed by atoms with Crippen LogP contribution in [0, 0.1) is 0 Å². The van der Waals surface area contributed by atoms with Gasteiger partial charge in [0, 0.05) is 17.3 Å². The first-order chi connectivity index (χ1) is 8.66. The van der Waals surface area contributed by atoms with Gasteiger partial charge in [0.15, 0.2) is 0 Å². The van der Waals surface area contributed by atoms with Crippen molar-refractivity contribution in [1.29, 1.82) is 0 Å². The molecule has 3 N–H and O–H groups in total. The molecule has 0 aliphatic rings. The summed E-state index contributed by atoms with van der Waals surface area (Å²) in [5.74, 6) is -0.453. The van der Waals surface area contributed by atoms with Crippen molar-refractivity contribution in [3.63, 3.8) is 0 Å². The van der Waals surface area contributed by atoms with E-state index < -0.39 is 5.91 Å². The van der Waals surface area contributed by atoms with Crippen molar-refractivity contribution in [2.45, 2.75) is 0 Å². The number of hydrogen-bond donors (Lipinski definition) is 2. The summed E-state index contributed by atoms with van der Waals surface area (Å²) < 4.78 is 0. The fourth-order valence-corrected chi connectivity index (χ4v) is 1.44. The molecule has 1 aromatic carbocycles. The highest BCUT2D eigenvalue weighted by Gasteiger charge is 2.08. The Bertz CT molecular complexity index is 582. The van der Waals surface area contributed by atoms with Crippen LogP contribution in [0.5, 0.6) is 0 Å². The number of pyridine rings is 1. The molecule has 0 atom stereocenters. The molecule has 0 saturated carbocycles. The molecule has 2 amide bonds. The molecule has 2 rings (SSSR count). The topological polar surface area (TPSA) is 85.1 Å². The molecular formula is C13H11N3O2. The summed E-state index contributed by atoms with van der Waals surface area (Å²) in [6.45, 7) is 0. The van der Waals surface area contributed by atoms with E-state index in [1.165, 1.54) is 6.07 Å². The highest BCUT2D eigenvalue weighted by molar-refractivity contribution is 6.05. The van der Waals surface area contributed by atoms with E-state index in [9.17, 15) is 9.59 Å². The Morgan fingerprint density at radius 2 is 1.83 bits per heavy atom. The van der Waals surface area contributed by atoms with Gasteiger partial charge in [0.2, 0.25) is 5.91 Å². The molecule has 5 heteroatoms. The molecule has 5 nitrogen and oxygen atoms in total. The van der Waals surface area contributed by atoms with Crippen LogP contribution in [0.3, 0.4) is 0 Å². The van der Waals surface area contributed by atoms with E-state index in [2.05, 4.69) is 10.3 Å². The Morgan fingerprint density at radius 3 is 2.50 bits per heavy atom. The first-order valence-corrected chi connectivity index (χ1v) is 5.29. The molecule has 90 valence electrons.